The lowest BCUT2D eigenvalue weighted by molar-refractivity contribution is 0.141. The number of benzene rings is 1. The van der Waals surface area contributed by atoms with Gasteiger partial charge in [0.05, 0.1) is 0 Å². The first-order valence-corrected chi connectivity index (χ1v) is 6.89. The van der Waals surface area contributed by atoms with Gasteiger partial charge in [-0.2, -0.15) is 5.48 Å². The summed E-state index contributed by atoms with van der Waals surface area (Å²) in [4.78, 5) is 18.1. The minimum absolute atomic E-state index is 0.0250. The Bertz CT molecular complexity index is 418. The summed E-state index contributed by atoms with van der Waals surface area (Å²) >= 11 is 0. The molecule has 1 rings (SSSR count). The lowest BCUT2D eigenvalue weighted by Crippen LogP contribution is -2.18. The standard InChI is InChI=1S/C11H18NO4P/c1-11(2,3)9-6-4-8(5-7-9)10(12-13)17(14,15)16/h4-7,10,12-13H,1-3H3,(H2,14,15,16). The molecule has 17 heavy (non-hydrogen) atoms. The third-order valence-electron chi connectivity index (χ3n) is 2.55. The fourth-order valence-electron chi connectivity index (χ4n) is 1.51. The molecule has 0 fully saturated rings. The van der Waals surface area contributed by atoms with E-state index in [9.17, 15) is 4.57 Å². The molecule has 0 aliphatic carbocycles. The van der Waals surface area contributed by atoms with Crippen LogP contribution in [0.5, 0.6) is 0 Å². The molecule has 0 saturated carbocycles. The Balaban J connectivity index is 3.06. The highest BCUT2D eigenvalue weighted by Crippen LogP contribution is 2.49. The van der Waals surface area contributed by atoms with Crippen molar-refractivity contribution in [3.8, 4) is 0 Å². The van der Waals surface area contributed by atoms with Crippen molar-refractivity contribution in [2.24, 2.45) is 0 Å². The largest absolute Gasteiger partial charge is 0.349 e. The fraction of sp³-hybridized carbons (Fsp3) is 0.455. The van der Waals surface area contributed by atoms with Crippen molar-refractivity contribution in [3.63, 3.8) is 0 Å². The summed E-state index contributed by atoms with van der Waals surface area (Å²) in [5.41, 5.74) is 3.04. The van der Waals surface area contributed by atoms with Gasteiger partial charge in [0.1, 0.15) is 0 Å². The molecule has 4 N–H and O–H groups in total. The summed E-state index contributed by atoms with van der Waals surface area (Å²) in [6.07, 6.45) is 0. The molecule has 5 nitrogen and oxygen atoms in total. The third-order valence-corrected chi connectivity index (χ3v) is 3.64. The second kappa shape index (κ2) is 4.88. The quantitative estimate of drug-likeness (QED) is 0.493. The summed E-state index contributed by atoms with van der Waals surface area (Å²) in [6.45, 7) is 6.15. The minimum Gasteiger partial charge on any atom is -0.323 e. The SMILES string of the molecule is CC(C)(C)c1ccc(C(NO)P(=O)(O)O)cc1. The molecule has 0 saturated heterocycles. The van der Waals surface area contributed by atoms with E-state index in [4.69, 9.17) is 15.0 Å². The van der Waals surface area contributed by atoms with Gasteiger partial charge in [0.25, 0.3) is 0 Å². The highest BCUT2D eigenvalue weighted by Gasteiger charge is 2.30. The van der Waals surface area contributed by atoms with E-state index in [0.717, 1.165) is 5.56 Å². The molecule has 0 aliphatic rings. The smallest absolute Gasteiger partial charge is 0.323 e. The van der Waals surface area contributed by atoms with Gasteiger partial charge in [0, 0.05) is 0 Å². The van der Waals surface area contributed by atoms with Crippen LogP contribution >= 0.6 is 7.60 Å². The van der Waals surface area contributed by atoms with Crippen molar-refractivity contribution in [1.29, 1.82) is 0 Å². The predicted molar refractivity (Wildman–Crippen MR) is 64.8 cm³/mol. The molecule has 1 aromatic carbocycles. The van der Waals surface area contributed by atoms with Crippen molar-refractivity contribution in [3.05, 3.63) is 35.4 Å². The van der Waals surface area contributed by atoms with E-state index >= 15 is 0 Å². The van der Waals surface area contributed by atoms with E-state index in [0.29, 0.717) is 5.56 Å². The van der Waals surface area contributed by atoms with Crippen LogP contribution in [0.3, 0.4) is 0 Å². The van der Waals surface area contributed by atoms with Crippen molar-refractivity contribution < 1.29 is 19.6 Å². The van der Waals surface area contributed by atoms with Gasteiger partial charge in [0.2, 0.25) is 0 Å². The lowest BCUT2D eigenvalue weighted by atomic mass is 9.87. The summed E-state index contributed by atoms with van der Waals surface area (Å²) in [5, 5.41) is 8.80. The molecule has 0 aliphatic heterocycles. The van der Waals surface area contributed by atoms with Gasteiger partial charge < -0.3 is 15.0 Å². The van der Waals surface area contributed by atoms with Gasteiger partial charge >= 0.3 is 7.60 Å². The summed E-state index contributed by atoms with van der Waals surface area (Å²) in [6, 6.07) is 6.81. The number of nitrogens with one attached hydrogen (secondary N) is 1. The monoisotopic (exact) mass is 259 g/mol. The first-order valence-electron chi connectivity index (χ1n) is 5.21. The Morgan fingerprint density at radius 1 is 1.18 bits per heavy atom. The molecule has 0 heterocycles. The molecule has 0 aromatic heterocycles. The van der Waals surface area contributed by atoms with Crippen LogP contribution in [0.2, 0.25) is 0 Å². The molecule has 0 spiro atoms. The molecule has 96 valence electrons. The lowest BCUT2D eigenvalue weighted by Gasteiger charge is -2.21. The molecule has 6 heteroatoms. The van der Waals surface area contributed by atoms with Crippen LogP contribution in [0, 0.1) is 0 Å². The molecule has 0 amide bonds. The second-order valence-electron chi connectivity index (χ2n) is 4.99. The van der Waals surface area contributed by atoms with Gasteiger partial charge in [0.15, 0.2) is 5.78 Å². The van der Waals surface area contributed by atoms with Gasteiger partial charge in [-0.05, 0) is 16.5 Å². The zero-order valence-corrected chi connectivity index (χ0v) is 11.0. The average molecular weight is 259 g/mol. The first-order chi connectivity index (χ1) is 7.66. The maximum absolute atomic E-state index is 11.1. The first kappa shape index (κ1) is 14.4. The normalized spacial score (nSPS) is 14.7. The highest BCUT2D eigenvalue weighted by molar-refractivity contribution is 7.52. The predicted octanol–water partition coefficient (Wildman–Crippen LogP) is 2.14. The molecule has 0 radical (unpaired) electrons. The van der Waals surface area contributed by atoms with E-state index < -0.39 is 13.4 Å². The van der Waals surface area contributed by atoms with Gasteiger partial charge in [-0.15, -0.1) is 0 Å². The van der Waals surface area contributed by atoms with Crippen LogP contribution in [0.4, 0.5) is 0 Å². The van der Waals surface area contributed by atoms with Crippen molar-refractivity contribution in [2.75, 3.05) is 0 Å². The molecular weight excluding hydrogens is 241 g/mol. The van der Waals surface area contributed by atoms with Gasteiger partial charge in [-0.3, -0.25) is 4.57 Å². The number of rotatable bonds is 3. The maximum atomic E-state index is 11.1. The number of hydrogen-bond donors (Lipinski definition) is 4. The van der Waals surface area contributed by atoms with Gasteiger partial charge in [-0.25, -0.2) is 0 Å². The summed E-state index contributed by atoms with van der Waals surface area (Å²) < 4.78 is 11.1. The Morgan fingerprint density at radius 3 is 1.94 bits per heavy atom. The van der Waals surface area contributed by atoms with Crippen molar-refractivity contribution in [1.82, 2.24) is 5.48 Å². The zero-order valence-electron chi connectivity index (χ0n) is 10.1. The second-order valence-corrected chi connectivity index (χ2v) is 6.69. The van der Waals surface area contributed by atoms with Crippen LogP contribution in [-0.4, -0.2) is 15.0 Å². The summed E-state index contributed by atoms with van der Waals surface area (Å²) in [7, 11) is -4.41. The average Bonchev–Trinajstić information content (AvgIpc) is 2.16. The van der Waals surface area contributed by atoms with E-state index in [1.165, 1.54) is 0 Å². The van der Waals surface area contributed by atoms with E-state index in [1.807, 2.05) is 20.8 Å². The van der Waals surface area contributed by atoms with Crippen LogP contribution in [0.1, 0.15) is 37.7 Å². The molecule has 0 bridgehead atoms. The van der Waals surface area contributed by atoms with E-state index in [2.05, 4.69) is 0 Å². The molecule has 1 aromatic rings. The molecule has 1 atom stereocenters. The minimum atomic E-state index is -4.41. The molecule has 1 unspecified atom stereocenters. The van der Waals surface area contributed by atoms with Crippen LogP contribution in [-0.2, 0) is 9.98 Å². The molecular formula is C11H18NO4P. The number of hydroxylamine groups is 1. The third kappa shape index (κ3) is 3.63. The zero-order chi connectivity index (χ0) is 13.3. The summed E-state index contributed by atoms with van der Waals surface area (Å²) in [5.74, 6) is -1.38. The van der Waals surface area contributed by atoms with Crippen molar-refractivity contribution in [2.45, 2.75) is 32.0 Å². The van der Waals surface area contributed by atoms with Crippen LogP contribution in [0.25, 0.3) is 0 Å². The number of hydrogen-bond acceptors (Lipinski definition) is 3. The van der Waals surface area contributed by atoms with E-state index in [-0.39, 0.29) is 5.41 Å². The topological polar surface area (TPSA) is 89.8 Å². The van der Waals surface area contributed by atoms with Crippen LogP contribution in [0.15, 0.2) is 24.3 Å². The van der Waals surface area contributed by atoms with E-state index in [1.54, 1.807) is 29.7 Å². The highest BCUT2D eigenvalue weighted by atomic mass is 31.2. The van der Waals surface area contributed by atoms with Crippen LogP contribution < -0.4 is 5.48 Å². The van der Waals surface area contributed by atoms with Crippen molar-refractivity contribution >= 4 is 7.60 Å². The Hall–Kier alpha value is -0.710. The Labute approximate surface area is 101 Å². The maximum Gasteiger partial charge on any atom is 0.349 e. The van der Waals surface area contributed by atoms with Gasteiger partial charge in [-0.1, -0.05) is 45.0 Å². The Kier molecular flexibility index (Phi) is 4.12. The fourth-order valence-corrected chi connectivity index (χ4v) is 2.22. The Morgan fingerprint density at radius 2 is 1.65 bits per heavy atom.